The normalized spacial score (nSPS) is 13.1. The van der Waals surface area contributed by atoms with Crippen LogP contribution in [0.15, 0.2) is 59.5 Å². The Morgan fingerprint density at radius 1 is 1.12 bits per heavy atom. The smallest absolute Gasteiger partial charge is 0.432 e. The zero-order valence-corrected chi connectivity index (χ0v) is 13.7. The van der Waals surface area contributed by atoms with E-state index in [9.17, 15) is 28.0 Å². The molecule has 0 saturated carbocycles. The van der Waals surface area contributed by atoms with E-state index in [0.29, 0.717) is 0 Å². The molecule has 9 nitrogen and oxygen atoms in total. The molecule has 0 bridgehead atoms. The highest BCUT2D eigenvalue weighted by molar-refractivity contribution is 7.89. The van der Waals surface area contributed by atoms with Crippen LogP contribution in [0, 0.1) is 10.1 Å². The molecule has 0 fully saturated rings. The fourth-order valence-electron chi connectivity index (χ4n) is 1.69. The Balaban J connectivity index is 2.18. The third-order valence-electron chi connectivity index (χ3n) is 2.81. The van der Waals surface area contributed by atoms with Crippen molar-refractivity contribution in [3.63, 3.8) is 0 Å². The lowest BCUT2D eigenvalue weighted by molar-refractivity contribution is -0.384. The molecule has 0 spiro atoms. The summed E-state index contributed by atoms with van der Waals surface area (Å²) in [5.41, 5.74) is -0.197. The molecule has 0 aliphatic heterocycles. The van der Waals surface area contributed by atoms with Crippen molar-refractivity contribution < 1.29 is 27.5 Å². The van der Waals surface area contributed by atoms with E-state index in [1.54, 1.807) is 6.07 Å². The molecule has 2 N–H and O–H groups in total. The monoisotopic (exact) mass is 371 g/mol. The van der Waals surface area contributed by atoms with Gasteiger partial charge >= 0.3 is 14.0 Å². The van der Waals surface area contributed by atoms with Gasteiger partial charge in [-0.1, -0.05) is 18.2 Å². The summed E-state index contributed by atoms with van der Waals surface area (Å²) in [6.07, 6.45) is 0. The Labute approximate surface area is 138 Å². The third kappa shape index (κ3) is 4.56. The first-order chi connectivity index (χ1) is 11.3. The van der Waals surface area contributed by atoms with E-state index in [1.165, 1.54) is 36.4 Å². The molecule has 2 unspecified atom stereocenters. The summed E-state index contributed by atoms with van der Waals surface area (Å²) in [4.78, 5) is 19.1. The van der Waals surface area contributed by atoms with Gasteiger partial charge in [0, 0.05) is 12.1 Å². The Hall–Kier alpha value is -2.39. The number of rotatable bonds is 7. The van der Waals surface area contributed by atoms with Crippen LogP contribution in [0.1, 0.15) is 0 Å². The van der Waals surface area contributed by atoms with E-state index in [0.717, 1.165) is 12.1 Å². The van der Waals surface area contributed by atoms with E-state index in [-0.39, 0.29) is 16.3 Å². The molecule has 0 amide bonds. The Morgan fingerprint density at radius 2 is 1.71 bits per heavy atom. The number of sulfonamides is 1. The topological polar surface area (TPSA) is 136 Å². The highest BCUT2D eigenvalue weighted by atomic mass is 32.2. The van der Waals surface area contributed by atoms with Crippen molar-refractivity contribution in [2.45, 2.75) is 10.9 Å². The number of hydrogen-bond donors (Lipinski definition) is 2. The van der Waals surface area contributed by atoms with Gasteiger partial charge in [0.05, 0.1) is 9.82 Å². The van der Waals surface area contributed by atoms with Crippen LogP contribution in [0.2, 0.25) is 0 Å². The highest BCUT2D eigenvalue weighted by Gasteiger charge is 2.36. The number of ether oxygens (including phenoxy) is 1. The quantitative estimate of drug-likeness (QED) is 0.329. The fourth-order valence-corrected chi connectivity index (χ4v) is 3.64. The second-order valence-electron chi connectivity index (χ2n) is 4.46. The van der Waals surface area contributed by atoms with Crippen molar-refractivity contribution in [3.05, 3.63) is 64.7 Å². The Kier molecular flexibility index (Phi) is 5.58. The Bertz CT molecular complexity index is 840. The van der Waals surface area contributed by atoms with Gasteiger partial charge in [-0.25, -0.2) is 8.42 Å². The molecule has 11 heteroatoms. The summed E-state index contributed by atoms with van der Waals surface area (Å²) in [6.45, 7) is 0. The van der Waals surface area contributed by atoms with E-state index < -0.39 is 28.9 Å². The largest absolute Gasteiger partial charge is 0.570 e. The maximum absolute atomic E-state index is 12.2. The second kappa shape index (κ2) is 7.45. The lowest BCUT2D eigenvalue weighted by Gasteiger charge is -2.11. The van der Waals surface area contributed by atoms with Gasteiger partial charge in [-0.2, -0.15) is 4.89 Å². The molecule has 2 aromatic carbocycles. The van der Waals surface area contributed by atoms with Crippen molar-refractivity contribution in [3.8, 4) is 5.75 Å². The minimum atomic E-state index is -4.07. The summed E-state index contributed by atoms with van der Waals surface area (Å²) < 4.78 is 42.8. The van der Waals surface area contributed by atoms with Crippen LogP contribution in [0.3, 0.4) is 0 Å². The van der Waals surface area contributed by atoms with Gasteiger partial charge in [-0.05, 0) is 28.8 Å². The van der Waals surface area contributed by atoms with Gasteiger partial charge < -0.3 is 4.74 Å². The first kappa shape index (κ1) is 18.0. The van der Waals surface area contributed by atoms with E-state index in [4.69, 9.17) is 4.74 Å². The standard InChI is InChI=1S/C13H11N2O7PS/c16-15(17)10-6-8-11(9-7-10)22-13(23(18)19)14-24(20,21)12-4-2-1-3-5-12/h1-9,13-14H/p+1. The predicted molar refractivity (Wildman–Crippen MR) is 84.1 cm³/mol. The molecule has 0 saturated heterocycles. The molecule has 24 heavy (non-hydrogen) atoms. The average molecular weight is 371 g/mol. The van der Waals surface area contributed by atoms with Crippen molar-refractivity contribution in [2.75, 3.05) is 0 Å². The third-order valence-corrected chi connectivity index (χ3v) is 5.03. The van der Waals surface area contributed by atoms with Crippen LogP contribution in [0.5, 0.6) is 5.75 Å². The first-order valence-corrected chi connectivity index (χ1v) is 9.20. The van der Waals surface area contributed by atoms with Crippen molar-refractivity contribution >= 4 is 23.7 Å². The van der Waals surface area contributed by atoms with Crippen LogP contribution in [0.25, 0.3) is 0 Å². The minimum Gasteiger partial charge on any atom is -0.432 e. The van der Waals surface area contributed by atoms with Crippen LogP contribution in [0.4, 0.5) is 5.69 Å². The first-order valence-electron chi connectivity index (χ1n) is 6.43. The van der Waals surface area contributed by atoms with Crippen LogP contribution in [-0.2, 0) is 14.6 Å². The number of nitrogens with zero attached hydrogens (tertiary/aromatic N) is 1. The van der Waals surface area contributed by atoms with Gasteiger partial charge in [-0.3, -0.25) is 10.1 Å². The van der Waals surface area contributed by atoms with Gasteiger partial charge in [0.25, 0.3) is 5.69 Å². The molecule has 0 aromatic heterocycles. The number of nitrogens with one attached hydrogen (secondary N) is 1. The zero-order chi connectivity index (χ0) is 17.7. The molecular weight excluding hydrogens is 359 g/mol. The van der Waals surface area contributed by atoms with E-state index >= 15 is 0 Å². The van der Waals surface area contributed by atoms with Gasteiger partial charge in [0.15, 0.2) is 0 Å². The minimum absolute atomic E-state index is 0.00115. The number of nitro benzene ring substituents is 1. The van der Waals surface area contributed by atoms with Crippen LogP contribution < -0.4 is 9.46 Å². The van der Waals surface area contributed by atoms with Crippen LogP contribution >= 0.6 is 8.03 Å². The van der Waals surface area contributed by atoms with Crippen molar-refractivity contribution in [2.24, 2.45) is 0 Å². The maximum Gasteiger partial charge on any atom is 0.570 e. The molecular formula is C13H12N2O7PS+. The highest BCUT2D eigenvalue weighted by Crippen LogP contribution is 2.27. The summed E-state index contributed by atoms with van der Waals surface area (Å²) >= 11 is 0. The summed E-state index contributed by atoms with van der Waals surface area (Å²) in [5, 5.41) is 10.6. The molecule has 2 rings (SSSR count). The van der Waals surface area contributed by atoms with E-state index in [1.807, 2.05) is 4.72 Å². The molecule has 2 aromatic rings. The van der Waals surface area contributed by atoms with Gasteiger partial charge in [0.1, 0.15) is 5.75 Å². The molecule has 126 valence electrons. The second-order valence-corrected chi connectivity index (χ2v) is 7.25. The lowest BCUT2D eigenvalue weighted by Crippen LogP contribution is -2.36. The van der Waals surface area contributed by atoms with Crippen LogP contribution in [-0.4, -0.2) is 24.2 Å². The molecule has 0 heterocycles. The van der Waals surface area contributed by atoms with Gasteiger partial charge in [0.2, 0.25) is 10.0 Å². The summed E-state index contributed by atoms with van der Waals surface area (Å²) in [7, 11) is -7.13. The predicted octanol–water partition coefficient (Wildman–Crippen LogP) is 1.97. The van der Waals surface area contributed by atoms with Gasteiger partial charge in [-0.15, -0.1) is 4.72 Å². The fraction of sp³-hybridized carbons (Fsp3) is 0.0769. The van der Waals surface area contributed by atoms with E-state index in [2.05, 4.69) is 0 Å². The molecule has 0 aliphatic rings. The maximum atomic E-state index is 12.2. The summed E-state index contributed by atoms with van der Waals surface area (Å²) in [5.74, 6) is -1.74. The molecule has 2 atom stereocenters. The molecule has 0 aliphatic carbocycles. The number of benzene rings is 2. The number of non-ortho nitro benzene ring substituents is 1. The Morgan fingerprint density at radius 3 is 2.21 bits per heavy atom. The zero-order valence-electron chi connectivity index (χ0n) is 12.0. The molecule has 0 radical (unpaired) electrons. The van der Waals surface area contributed by atoms with Crippen molar-refractivity contribution in [1.29, 1.82) is 0 Å². The average Bonchev–Trinajstić information content (AvgIpc) is 2.55. The number of hydrogen-bond acceptors (Lipinski definition) is 6. The number of nitro groups is 1. The SMILES string of the molecule is O=[N+]([O-])c1ccc(OC(NS(=O)(=O)c2ccccc2)[P+](=O)O)cc1. The van der Waals surface area contributed by atoms with Crippen molar-refractivity contribution in [1.82, 2.24) is 4.72 Å². The lowest BCUT2D eigenvalue weighted by atomic mass is 10.3. The summed E-state index contributed by atoms with van der Waals surface area (Å²) in [6, 6.07) is 11.9.